The Morgan fingerprint density at radius 2 is 2.00 bits per heavy atom. The molecule has 7 nitrogen and oxygen atoms in total. The molecule has 0 aliphatic carbocycles. The van der Waals surface area contributed by atoms with E-state index in [2.05, 4.69) is 14.9 Å². The summed E-state index contributed by atoms with van der Waals surface area (Å²) in [4.78, 5) is 21.5. The number of aromatic amines is 1. The summed E-state index contributed by atoms with van der Waals surface area (Å²) in [7, 11) is 1.55. The lowest BCUT2D eigenvalue weighted by Gasteiger charge is -2.38. The molecule has 7 heteroatoms. The summed E-state index contributed by atoms with van der Waals surface area (Å²) in [5.41, 5.74) is 0.806. The first-order chi connectivity index (χ1) is 12.0. The molecule has 3 rings (SSSR count). The number of carboxylic acid groups (broad SMARTS) is 1. The first kappa shape index (κ1) is 17.3. The molecule has 2 aromatic rings. The third kappa shape index (κ3) is 3.61. The number of nitrogens with zero attached hydrogens (tertiary/aromatic N) is 2. The second-order valence-electron chi connectivity index (χ2n) is 6.30. The van der Waals surface area contributed by atoms with Gasteiger partial charge in [-0.3, -0.25) is 4.90 Å². The molecule has 0 atom stereocenters. The van der Waals surface area contributed by atoms with Crippen LogP contribution in [0, 0.1) is 6.92 Å². The molecule has 0 unspecified atom stereocenters. The molecule has 1 aliphatic rings. The van der Waals surface area contributed by atoms with Crippen molar-refractivity contribution in [2.75, 3.05) is 20.2 Å². The van der Waals surface area contributed by atoms with Crippen LogP contribution >= 0.6 is 0 Å². The maximum atomic E-state index is 12.0. The van der Waals surface area contributed by atoms with E-state index >= 15 is 0 Å². The van der Waals surface area contributed by atoms with E-state index < -0.39 is 11.6 Å². The topological polar surface area (TPSA) is 87.7 Å². The number of H-pyrrole nitrogens is 1. The standard InChI is InChI=1S/C18H23N3O4/c1-13-14(20-12-19-13)11-21-9-7-18(8-10-21,17(22)23)25-16-6-4-3-5-15(16)24-2/h3-6,12H,7-11H2,1-2H3,(H,19,20)(H,22,23). The summed E-state index contributed by atoms with van der Waals surface area (Å²) in [5.74, 6) is 0.0655. The number of hydrogen-bond acceptors (Lipinski definition) is 5. The Labute approximate surface area is 146 Å². The number of methoxy groups -OCH3 is 1. The SMILES string of the molecule is COc1ccccc1OC1(C(=O)O)CCN(Cc2nc[nH]c2C)CC1. The summed E-state index contributed by atoms with van der Waals surface area (Å²) >= 11 is 0. The van der Waals surface area contributed by atoms with E-state index in [1.165, 1.54) is 0 Å². The number of carboxylic acids is 1. The third-order valence-corrected chi connectivity index (χ3v) is 4.74. The van der Waals surface area contributed by atoms with Gasteiger partial charge in [-0.15, -0.1) is 0 Å². The monoisotopic (exact) mass is 345 g/mol. The number of aliphatic carboxylic acids is 1. The van der Waals surface area contributed by atoms with Gasteiger partial charge < -0.3 is 19.6 Å². The second kappa shape index (κ2) is 7.14. The highest BCUT2D eigenvalue weighted by molar-refractivity contribution is 5.78. The number of aromatic nitrogens is 2. The van der Waals surface area contributed by atoms with Crippen LogP contribution < -0.4 is 9.47 Å². The predicted molar refractivity (Wildman–Crippen MR) is 91.8 cm³/mol. The molecule has 1 saturated heterocycles. The Bertz CT molecular complexity index is 735. The van der Waals surface area contributed by atoms with Crippen LogP contribution in [-0.4, -0.2) is 51.7 Å². The average Bonchev–Trinajstić information content (AvgIpc) is 3.02. The Morgan fingerprint density at radius 1 is 1.32 bits per heavy atom. The van der Waals surface area contributed by atoms with Crippen molar-refractivity contribution in [1.82, 2.24) is 14.9 Å². The molecule has 0 bridgehead atoms. The van der Waals surface area contributed by atoms with Gasteiger partial charge in [0.1, 0.15) is 0 Å². The van der Waals surface area contributed by atoms with E-state index in [1.54, 1.807) is 25.6 Å². The van der Waals surface area contributed by atoms with Crippen molar-refractivity contribution in [1.29, 1.82) is 0 Å². The third-order valence-electron chi connectivity index (χ3n) is 4.74. The number of ether oxygens (including phenoxy) is 2. The van der Waals surface area contributed by atoms with Gasteiger partial charge in [0.25, 0.3) is 0 Å². The lowest BCUT2D eigenvalue weighted by Crippen LogP contribution is -2.53. The summed E-state index contributed by atoms with van der Waals surface area (Å²) < 4.78 is 11.2. The fourth-order valence-corrected chi connectivity index (χ4v) is 3.10. The molecular formula is C18H23N3O4. The van der Waals surface area contributed by atoms with Gasteiger partial charge in [-0.25, -0.2) is 9.78 Å². The van der Waals surface area contributed by atoms with E-state index in [-0.39, 0.29) is 0 Å². The van der Waals surface area contributed by atoms with Crippen LogP contribution in [0.25, 0.3) is 0 Å². The van der Waals surface area contributed by atoms with E-state index in [4.69, 9.17) is 9.47 Å². The molecule has 1 aromatic heterocycles. The number of carbonyl (C=O) groups is 1. The minimum absolute atomic E-state index is 0.407. The molecule has 2 N–H and O–H groups in total. The quantitative estimate of drug-likeness (QED) is 0.835. The molecule has 25 heavy (non-hydrogen) atoms. The van der Waals surface area contributed by atoms with Gasteiger partial charge in [-0.2, -0.15) is 0 Å². The Kier molecular flexibility index (Phi) is 4.94. The molecule has 0 spiro atoms. The minimum Gasteiger partial charge on any atom is -0.493 e. The van der Waals surface area contributed by atoms with Crippen LogP contribution in [-0.2, 0) is 11.3 Å². The van der Waals surface area contributed by atoms with E-state index in [0.29, 0.717) is 44.0 Å². The summed E-state index contributed by atoms with van der Waals surface area (Å²) in [6.45, 7) is 3.96. The number of nitrogens with one attached hydrogen (secondary N) is 1. The number of benzene rings is 1. The number of piperidine rings is 1. The van der Waals surface area contributed by atoms with Gasteiger partial charge in [-0.1, -0.05) is 12.1 Å². The first-order valence-corrected chi connectivity index (χ1v) is 8.31. The lowest BCUT2D eigenvalue weighted by molar-refractivity contribution is -0.160. The number of hydrogen-bond donors (Lipinski definition) is 2. The molecule has 0 amide bonds. The van der Waals surface area contributed by atoms with Crippen molar-refractivity contribution >= 4 is 5.97 Å². The zero-order valence-electron chi connectivity index (χ0n) is 14.5. The van der Waals surface area contributed by atoms with Crippen LogP contribution in [0.3, 0.4) is 0 Å². The largest absolute Gasteiger partial charge is 0.493 e. The van der Waals surface area contributed by atoms with Crippen LogP contribution in [0.2, 0.25) is 0 Å². The Morgan fingerprint density at radius 3 is 2.56 bits per heavy atom. The Balaban J connectivity index is 1.71. The first-order valence-electron chi connectivity index (χ1n) is 8.31. The van der Waals surface area contributed by atoms with Crippen molar-refractivity contribution in [3.05, 3.63) is 42.0 Å². The smallest absolute Gasteiger partial charge is 0.348 e. The second-order valence-corrected chi connectivity index (χ2v) is 6.30. The number of aryl methyl sites for hydroxylation is 1. The normalized spacial score (nSPS) is 17.2. The molecule has 0 saturated carbocycles. The van der Waals surface area contributed by atoms with Gasteiger partial charge in [0.05, 0.1) is 19.1 Å². The van der Waals surface area contributed by atoms with Crippen molar-refractivity contribution in [3.8, 4) is 11.5 Å². The molecule has 2 heterocycles. The van der Waals surface area contributed by atoms with Crippen molar-refractivity contribution in [2.45, 2.75) is 31.9 Å². The molecule has 0 radical (unpaired) electrons. The summed E-state index contributed by atoms with van der Waals surface area (Å²) in [6.07, 6.45) is 2.49. The lowest BCUT2D eigenvalue weighted by atomic mass is 9.91. The van der Waals surface area contributed by atoms with E-state index in [1.807, 2.05) is 19.1 Å². The van der Waals surface area contributed by atoms with Crippen molar-refractivity contribution in [3.63, 3.8) is 0 Å². The molecular weight excluding hydrogens is 322 g/mol. The van der Waals surface area contributed by atoms with E-state index in [0.717, 1.165) is 11.4 Å². The highest BCUT2D eigenvalue weighted by Gasteiger charge is 2.44. The number of imidazole rings is 1. The van der Waals surface area contributed by atoms with Crippen molar-refractivity contribution in [2.24, 2.45) is 0 Å². The minimum atomic E-state index is -1.23. The van der Waals surface area contributed by atoms with E-state index in [9.17, 15) is 9.90 Å². The number of para-hydroxylation sites is 2. The maximum Gasteiger partial charge on any atom is 0.348 e. The Hall–Kier alpha value is -2.54. The molecule has 1 aromatic carbocycles. The fraction of sp³-hybridized carbons (Fsp3) is 0.444. The van der Waals surface area contributed by atoms with Crippen molar-refractivity contribution < 1.29 is 19.4 Å². The molecule has 1 fully saturated rings. The maximum absolute atomic E-state index is 12.0. The van der Waals surface area contributed by atoms with Crippen LogP contribution in [0.1, 0.15) is 24.2 Å². The summed E-state index contributed by atoms with van der Waals surface area (Å²) in [5, 5.41) is 9.80. The highest BCUT2D eigenvalue weighted by Crippen LogP contribution is 2.34. The zero-order chi connectivity index (χ0) is 17.9. The van der Waals surface area contributed by atoms with Gasteiger partial charge in [0.15, 0.2) is 11.5 Å². The van der Waals surface area contributed by atoms with Crippen LogP contribution in [0.5, 0.6) is 11.5 Å². The van der Waals surface area contributed by atoms with Gasteiger partial charge in [0.2, 0.25) is 5.60 Å². The fourth-order valence-electron chi connectivity index (χ4n) is 3.10. The molecule has 1 aliphatic heterocycles. The predicted octanol–water partition coefficient (Wildman–Crippen LogP) is 2.22. The van der Waals surface area contributed by atoms with Gasteiger partial charge >= 0.3 is 5.97 Å². The number of rotatable bonds is 6. The van der Waals surface area contributed by atoms with Crippen LogP contribution in [0.15, 0.2) is 30.6 Å². The molecule has 134 valence electrons. The average molecular weight is 345 g/mol. The van der Waals surface area contributed by atoms with Crippen LogP contribution in [0.4, 0.5) is 0 Å². The number of likely N-dealkylation sites (tertiary alicyclic amines) is 1. The van der Waals surface area contributed by atoms with Gasteiger partial charge in [0, 0.05) is 38.2 Å². The highest BCUT2D eigenvalue weighted by atomic mass is 16.5. The summed E-state index contributed by atoms with van der Waals surface area (Å²) in [6, 6.07) is 7.14. The zero-order valence-corrected chi connectivity index (χ0v) is 14.5. The van der Waals surface area contributed by atoms with Gasteiger partial charge in [-0.05, 0) is 19.1 Å².